The van der Waals surface area contributed by atoms with E-state index in [1.54, 1.807) is 14.2 Å². The van der Waals surface area contributed by atoms with Crippen LogP contribution in [0.1, 0.15) is 0 Å². The molecule has 0 spiro atoms. The maximum atomic E-state index is 10.5. The van der Waals surface area contributed by atoms with Gasteiger partial charge in [-0.2, -0.15) is 0 Å². The zero-order valence-corrected chi connectivity index (χ0v) is 8.38. The highest BCUT2D eigenvalue weighted by Gasteiger charge is 2.38. The van der Waals surface area contributed by atoms with E-state index in [1.807, 2.05) is 0 Å². The van der Waals surface area contributed by atoms with E-state index in [4.69, 9.17) is 20.4 Å². The first kappa shape index (κ1) is 13.7. The van der Waals surface area contributed by atoms with E-state index in [2.05, 4.69) is 9.47 Å². The predicted octanol–water partition coefficient (Wildman–Crippen LogP) is -1.14. The van der Waals surface area contributed by atoms with Gasteiger partial charge in [0, 0.05) is 14.2 Å². The minimum absolute atomic E-state index is 0.671. The van der Waals surface area contributed by atoms with Gasteiger partial charge in [0.2, 0.25) is 5.76 Å². The molecule has 7 nitrogen and oxygen atoms in total. The molecule has 1 heterocycles. The van der Waals surface area contributed by atoms with E-state index >= 15 is 0 Å². The zero-order chi connectivity index (χ0) is 12.0. The van der Waals surface area contributed by atoms with Crippen molar-refractivity contribution in [1.29, 1.82) is 0 Å². The molecule has 0 saturated heterocycles. The first-order valence-electron chi connectivity index (χ1n) is 4.01. The lowest BCUT2D eigenvalue weighted by Crippen LogP contribution is -2.31. The number of hydrogen-bond donors (Lipinski definition) is 4. The van der Waals surface area contributed by atoms with Crippen molar-refractivity contribution in [3.05, 3.63) is 11.5 Å². The normalized spacial score (nSPS) is 21.9. The molecule has 15 heavy (non-hydrogen) atoms. The van der Waals surface area contributed by atoms with E-state index in [0.717, 1.165) is 0 Å². The Kier molecular flexibility index (Phi) is 5.68. The molecule has 1 aliphatic rings. The van der Waals surface area contributed by atoms with E-state index in [1.165, 1.54) is 0 Å². The third-order valence-corrected chi connectivity index (χ3v) is 1.48. The zero-order valence-electron chi connectivity index (χ0n) is 8.38. The summed E-state index contributed by atoms with van der Waals surface area (Å²) >= 11 is 0. The first-order chi connectivity index (χ1) is 6.99. The molecular formula is C8H14O7. The summed E-state index contributed by atoms with van der Waals surface area (Å²) in [5, 5.41) is 35.0. The topological polar surface area (TPSA) is 116 Å². The van der Waals surface area contributed by atoms with Crippen LogP contribution in [0.3, 0.4) is 0 Å². The third kappa shape index (κ3) is 3.39. The summed E-state index contributed by atoms with van der Waals surface area (Å²) < 4.78 is 8.57. The van der Waals surface area contributed by atoms with E-state index in [0.29, 0.717) is 0 Å². The van der Waals surface area contributed by atoms with Crippen molar-refractivity contribution >= 4 is 5.97 Å². The number of rotatable bonds is 2. The second-order valence-electron chi connectivity index (χ2n) is 2.72. The van der Waals surface area contributed by atoms with Crippen molar-refractivity contribution in [2.75, 3.05) is 20.8 Å². The highest BCUT2D eigenvalue weighted by atomic mass is 16.6. The maximum Gasteiger partial charge on any atom is 0.377 e. The van der Waals surface area contributed by atoms with Gasteiger partial charge in [-0.25, -0.2) is 4.79 Å². The molecule has 88 valence electrons. The number of esters is 1. The van der Waals surface area contributed by atoms with Gasteiger partial charge in [-0.1, -0.05) is 0 Å². The number of methoxy groups -OCH3 is 1. The van der Waals surface area contributed by atoms with Gasteiger partial charge >= 0.3 is 5.97 Å². The molecule has 0 aromatic carbocycles. The molecule has 0 unspecified atom stereocenters. The van der Waals surface area contributed by atoms with Crippen molar-refractivity contribution in [3.8, 4) is 0 Å². The Hall–Kier alpha value is -1.31. The van der Waals surface area contributed by atoms with Crippen molar-refractivity contribution in [3.63, 3.8) is 0 Å². The monoisotopic (exact) mass is 222 g/mol. The summed E-state index contributed by atoms with van der Waals surface area (Å²) in [6.45, 7) is -0.671. The lowest BCUT2D eigenvalue weighted by molar-refractivity contribution is -0.147. The summed E-state index contributed by atoms with van der Waals surface area (Å²) in [6.07, 6.45) is -2.78. The molecule has 0 radical (unpaired) electrons. The molecule has 0 fully saturated rings. The number of cyclic esters (lactones) is 1. The number of hydrogen-bond acceptors (Lipinski definition) is 7. The highest BCUT2D eigenvalue weighted by molar-refractivity contribution is 5.89. The van der Waals surface area contributed by atoms with Crippen molar-refractivity contribution < 1.29 is 34.7 Å². The van der Waals surface area contributed by atoms with Gasteiger partial charge in [-0.15, -0.1) is 0 Å². The molecule has 0 aromatic heterocycles. The molecule has 0 aliphatic carbocycles. The largest absolute Gasteiger partial charge is 0.505 e. The van der Waals surface area contributed by atoms with Crippen LogP contribution in [-0.4, -0.2) is 59.4 Å². The number of carbonyl (C=O) groups is 1. The third-order valence-electron chi connectivity index (χ3n) is 1.48. The maximum absolute atomic E-state index is 10.5. The molecule has 1 rings (SSSR count). The lowest BCUT2D eigenvalue weighted by atomic mass is 10.2. The minimum Gasteiger partial charge on any atom is -0.505 e. The molecule has 0 saturated carbocycles. The van der Waals surface area contributed by atoms with Gasteiger partial charge in [0.1, 0.15) is 6.10 Å². The number of carbonyl (C=O) groups excluding carboxylic acids is 1. The van der Waals surface area contributed by atoms with E-state index < -0.39 is 36.3 Å². The molecule has 1 aliphatic heterocycles. The van der Waals surface area contributed by atoms with E-state index in [9.17, 15) is 4.79 Å². The Balaban J connectivity index is 0.000000583. The van der Waals surface area contributed by atoms with Crippen LogP contribution >= 0.6 is 0 Å². The van der Waals surface area contributed by atoms with Crippen molar-refractivity contribution in [2.45, 2.75) is 12.2 Å². The predicted molar refractivity (Wildman–Crippen MR) is 48.2 cm³/mol. The first-order valence-corrected chi connectivity index (χ1v) is 4.01. The molecule has 7 heteroatoms. The Bertz CT molecular complexity index is 247. The van der Waals surface area contributed by atoms with Crippen LogP contribution in [0.4, 0.5) is 0 Å². The molecule has 0 amide bonds. The summed E-state index contributed by atoms with van der Waals surface area (Å²) in [5.41, 5.74) is 0. The quantitative estimate of drug-likeness (QED) is 0.436. The average Bonchev–Trinajstić information content (AvgIpc) is 2.46. The molecule has 2 atom stereocenters. The Morgan fingerprint density at radius 1 is 1.47 bits per heavy atom. The van der Waals surface area contributed by atoms with Gasteiger partial charge in [-0.05, 0) is 0 Å². The number of aliphatic hydroxyl groups is 4. The Morgan fingerprint density at radius 2 is 1.93 bits per heavy atom. The van der Waals surface area contributed by atoms with Crippen LogP contribution < -0.4 is 0 Å². The SMILES string of the molecule is COC.O=C1O[C@H]([C@@H](O)CO)C(O)=C1O. The van der Waals surface area contributed by atoms with Crippen LogP contribution in [-0.2, 0) is 14.3 Å². The highest BCUT2D eigenvalue weighted by Crippen LogP contribution is 2.20. The molecule has 4 N–H and O–H groups in total. The van der Waals surface area contributed by atoms with Crippen LogP contribution in [0.5, 0.6) is 0 Å². The summed E-state index contributed by atoms with van der Waals surface area (Å²) in [5.74, 6) is -2.78. The van der Waals surface area contributed by atoms with Crippen LogP contribution in [0.2, 0.25) is 0 Å². The standard InChI is InChI=1S/C6H8O6.C2H6O/c7-1-2(8)5-3(9)4(10)6(11)12-5;1-3-2/h2,5,7-10H,1H2;1-2H3/t2-,5+;/m0./s1. The van der Waals surface area contributed by atoms with Gasteiger partial charge in [0.15, 0.2) is 11.9 Å². The molecule has 0 bridgehead atoms. The Morgan fingerprint density at radius 3 is 2.20 bits per heavy atom. The average molecular weight is 222 g/mol. The minimum atomic E-state index is -1.42. The van der Waals surface area contributed by atoms with Crippen molar-refractivity contribution in [2.24, 2.45) is 0 Å². The van der Waals surface area contributed by atoms with Gasteiger partial charge in [0.05, 0.1) is 6.61 Å². The second kappa shape index (κ2) is 6.23. The van der Waals surface area contributed by atoms with Gasteiger partial charge in [0.25, 0.3) is 0 Å². The fourth-order valence-corrected chi connectivity index (χ4v) is 0.823. The second-order valence-corrected chi connectivity index (χ2v) is 2.72. The molecular weight excluding hydrogens is 208 g/mol. The van der Waals surface area contributed by atoms with Crippen LogP contribution in [0, 0.1) is 0 Å². The summed E-state index contributed by atoms with van der Waals surface area (Å²) in [6, 6.07) is 0. The Labute approximate surface area is 86.2 Å². The van der Waals surface area contributed by atoms with Gasteiger partial charge in [-0.3, -0.25) is 0 Å². The van der Waals surface area contributed by atoms with E-state index in [-0.39, 0.29) is 0 Å². The van der Waals surface area contributed by atoms with Gasteiger partial charge < -0.3 is 29.9 Å². The fraction of sp³-hybridized carbons (Fsp3) is 0.625. The van der Waals surface area contributed by atoms with Crippen molar-refractivity contribution in [1.82, 2.24) is 0 Å². The number of ether oxygens (including phenoxy) is 2. The smallest absolute Gasteiger partial charge is 0.377 e. The van der Waals surface area contributed by atoms with Crippen LogP contribution in [0.15, 0.2) is 11.5 Å². The number of aliphatic hydroxyl groups excluding tert-OH is 4. The molecule has 0 aromatic rings. The fourth-order valence-electron chi connectivity index (χ4n) is 0.823. The lowest BCUT2D eigenvalue weighted by Gasteiger charge is -2.13. The summed E-state index contributed by atoms with van der Waals surface area (Å²) in [7, 11) is 3.25. The summed E-state index contributed by atoms with van der Waals surface area (Å²) in [4.78, 5) is 10.5. The van der Waals surface area contributed by atoms with Crippen LogP contribution in [0.25, 0.3) is 0 Å².